The first kappa shape index (κ1) is 23.9. The van der Waals surface area contributed by atoms with Crippen molar-refractivity contribution in [3.63, 3.8) is 0 Å². The molecule has 0 spiro atoms. The summed E-state index contributed by atoms with van der Waals surface area (Å²) in [7, 11) is 0. The topological polar surface area (TPSA) is 87.7 Å². The number of hydrogen-bond donors (Lipinski definition) is 2. The number of rotatable bonds is 9. The van der Waals surface area contributed by atoms with Crippen LogP contribution >= 0.6 is 22.7 Å². The van der Waals surface area contributed by atoms with Gasteiger partial charge in [0.25, 0.3) is 0 Å². The van der Waals surface area contributed by atoms with E-state index >= 15 is 0 Å². The van der Waals surface area contributed by atoms with Gasteiger partial charge in [-0.1, -0.05) is 6.07 Å². The van der Waals surface area contributed by atoms with Crippen molar-refractivity contribution < 1.29 is 19.1 Å². The minimum absolute atomic E-state index is 0.00309. The summed E-state index contributed by atoms with van der Waals surface area (Å²) < 4.78 is 5.24. The molecule has 2 aliphatic rings. The standard InChI is InChI=1S/C24H31N3O4S2/c1-2-31-24(30)21-18-6-3-7-19(18)33-23(21)26-20(28)15-27-12-9-16(10-13-27)22(29)25-11-8-17-5-4-14-32-17/h4-5,14,16H,2-3,6-13,15H2,1H3,(H,25,29)(H,26,28). The van der Waals surface area contributed by atoms with Crippen molar-refractivity contribution in [2.24, 2.45) is 5.92 Å². The zero-order valence-electron chi connectivity index (χ0n) is 19.0. The number of likely N-dealkylation sites (tertiary alicyclic amines) is 1. The minimum atomic E-state index is -0.349. The summed E-state index contributed by atoms with van der Waals surface area (Å²) in [5.41, 5.74) is 1.58. The predicted octanol–water partition coefficient (Wildman–Crippen LogP) is 3.48. The molecule has 0 unspecified atom stereocenters. The molecule has 2 aromatic rings. The maximum absolute atomic E-state index is 12.7. The molecular formula is C24H31N3O4S2. The van der Waals surface area contributed by atoms with Crippen LogP contribution in [0.1, 0.15) is 51.9 Å². The van der Waals surface area contributed by atoms with Gasteiger partial charge in [-0.15, -0.1) is 22.7 Å². The molecule has 178 valence electrons. The molecule has 1 fully saturated rings. The second-order valence-corrected chi connectivity index (χ2v) is 10.6. The number of anilines is 1. The maximum atomic E-state index is 12.7. The van der Waals surface area contributed by atoms with Crippen LogP contribution in [0.25, 0.3) is 0 Å². The maximum Gasteiger partial charge on any atom is 0.341 e. The van der Waals surface area contributed by atoms with E-state index in [2.05, 4.69) is 21.6 Å². The summed E-state index contributed by atoms with van der Waals surface area (Å²) in [5.74, 6) is -0.358. The van der Waals surface area contributed by atoms with Crippen LogP contribution in [-0.2, 0) is 33.6 Å². The second-order valence-electron chi connectivity index (χ2n) is 8.50. The monoisotopic (exact) mass is 489 g/mol. The van der Waals surface area contributed by atoms with Crippen molar-refractivity contribution in [2.45, 2.75) is 45.4 Å². The number of nitrogens with zero attached hydrogens (tertiary/aromatic N) is 1. The van der Waals surface area contributed by atoms with Crippen molar-refractivity contribution in [3.8, 4) is 0 Å². The van der Waals surface area contributed by atoms with Gasteiger partial charge < -0.3 is 15.4 Å². The van der Waals surface area contributed by atoms with Crippen LogP contribution in [0, 0.1) is 5.92 Å². The Hall–Kier alpha value is -2.23. The molecule has 2 N–H and O–H groups in total. The van der Waals surface area contributed by atoms with Crippen molar-refractivity contribution in [1.82, 2.24) is 10.2 Å². The van der Waals surface area contributed by atoms with Crippen LogP contribution in [0.2, 0.25) is 0 Å². The fraction of sp³-hybridized carbons (Fsp3) is 0.542. The number of hydrogen-bond acceptors (Lipinski definition) is 7. The van der Waals surface area contributed by atoms with E-state index in [9.17, 15) is 14.4 Å². The summed E-state index contributed by atoms with van der Waals surface area (Å²) in [6, 6.07) is 4.11. The van der Waals surface area contributed by atoms with Gasteiger partial charge in [0.1, 0.15) is 5.00 Å². The number of nitrogens with one attached hydrogen (secondary N) is 2. The van der Waals surface area contributed by atoms with Gasteiger partial charge in [-0.25, -0.2) is 4.79 Å². The number of thiophene rings is 2. The van der Waals surface area contributed by atoms with Gasteiger partial charge in [-0.2, -0.15) is 0 Å². The Labute approximate surface area is 202 Å². The molecule has 1 aliphatic heterocycles. The molecule has 3 heterocycles. The Morgan fingerprint density at radius 3 is 2.76 bits per heavy atom. The van der Waals surface area contributed by atoms with Gasteiger partial charge in [0, 0.05) is 22.2 Å². The number of carbonyl (C=O) groups is 3. The zero-order chi connectivity index (χ0) is 23.2. The molecule has 0 radical (unpaired) electrons. The van der Waals surface area contributed by atoms with Crippen molar-refractivity contribution in [1.29, 1.82) is 0 Å². The fourth-order valence-corrected chi connectivity index (χ4v) is 6.54. The van der Waals surface area contributed by atoms with Gasteiger partial charge in [0.2, 0.25) is 11.8 Å². The summed E-state index contributed by atoms with van der Waals surface area (Å²) in [6.07, 6.45) is 5.21. The Balaban J connectivity index is 1.23. The van der Waals surface area contributed by atoms with E-state index in [0.29, 0.717) is 36.8 Å². The highest BCUT2D eigenvalue weighted by molar-refractivity contribution is 7.17. The van der Waals surface area contributed by atoms with E-state index in [1.54, 1.807) is 18.3 Å². The average Bonchev–Trinajstić information content (AvgIpc) is 3.52. The van der Waals surface area contributed by atoms with Gasteiger partial charge in [0.15, 0.2) is 0 Å². The van der Waals surface area contributed by atoms with Crippen molar-refractivity contribution in [2.75, 3.05) is 38.1 Å². The van der Waals surface area contributed by atoms with Gasteiger partial charge >= 0.3 is 5.97 Å². The zero-order valence-corrected chi connectivity index (χ0v) is 20.6. The third-order valence-electron chi connectivity index (χ3n) is 6.23. The second kappa shape index (κ2) is 11.3. The molecule has 0 saturated carbocycles. The third kappa shape index (κ3) is 6.02. The number of aryl methyl sites for hydroxylation is 1. The molecule has 7 nitrogen and oxygen atoms in total. The van der Waals surface area contributed by atoms with E-state index < -0.39 is 0 Å². The summed E-state index contributed by atoms with van der Waals surface area (Å²) in [5, 5.41) is 8.67. The van der Waals surface area contributed by atoms with E-state index in [-0.39, 0.29) is 30.2 Å². The summed E-state index contributed by atoms with van der Waals surface area (Å²) in [4.78, 5) is 42.2. The van der Waals surface area contributed by atoms with Gasteiger partial charge in [0.05, 0.1) is 18.7 Å². The van der Waals surface area contributed by atoms with Crippen LogP contribution in [0.3, 0.4) is 0 Å². The van der Waals surface area contributed by atoms with Crippen LogP contribution in [0.5, 0.6) is 0 Å². The molecule has 4 rings (SSSR count). The van der Waals surface area contributed by atoms with E-state index in [1.807, 2.05) is 11.4 Å². The smallest absolute Gasteiger partial charge is 0.341 e. The van der Waals surface area contributed by atoms with Crippen LogP contribution in [-0.4, -0.2) is 55.5 Å². The Kier molecular flexibility index (Phi) is 8.16. The largest absolute Gasteiger partial charge is 0.462 e. The molecule has 0 atom stereocenters. The molecule has 0 bridgehead atoms. The van der Waals surface area contributed by atoms with Crippen molar-refractivity contribution >= 4 is 45.5 Å². The molecule has 2 amide bonds. The normalized spacial score (nSPS) is 16.4. The lowest BCUT2D eigenvalue weighted by Gasteiger charge is -2.30. The lowest BCUT2D eigenvalue weighted by molar-refractivity contribution is -0.126. The van der Waals surface area contributed by atoms with Crippen molar-refractivity contribution in [3.05, 3.63) is 38.4 Å². The lowest BCUT2D eigenvalue weighted by Crippen LogP contribution is -2.43. The Bertz CT molecular complexity index is 978. The summed E-state index contributed by atoms with van der Waals surface area (Å²) in [6.45, 7) is 4.45. The first-order chi connectivity index (χ1) is 16.0. The number of amides is 2. The quantitative estimate of drug-likeness (QED) is 0.527. The molecule has 1 saturated heterocycles. The van der Waals surface area contributed by atoms with Crippen LogP contribution in [0.15, 0.2) is 17.5 Å². The average molecular weight is 490 g/mol. The highest BCUT2D eigenvalue weighted by Crippen LogP contribution is 2.39. The lowest BCUT2D eigenvalue weighted by atomic mass is 9.96. The fourth-order valence-electron chi connectivity index (χ4n) is 4.54. The first-order valence-corrected chi connectivity index (χ1v) is 13.4. The SMILES string of the molecule is CCOC(=O)c1c(NC(=O)CN2CCC(C(=O)NCCc3cccs3)CC2)sc2c1CCC2. The third-order valence-corrected chi connectivity index (χ3v) is 8.37. The number of fused-ring (bicyclic) bond motifs is 1. The molecule has 0 aromatic carbocycles. The van der Waals surface area contributed by atoms with Crippen LogP contribution < -0.4 is 10.6 Å². The highest BCUT2D eigenvalue weighted by atomic mass is 32.1. The molecule has 1 aliphatic carbocycles. The Morgan fingerprint density at radius 2 is 2.03 bits per heavy atom. The van der Waals surface area contributed by atoms with E-state index in [4.69, 9.17) is 4.74 Å². The van der Waals surface area contributed by atoms with Crippen LogP contribution in [0.4, 0.5) is 5.00 Å². The molecular weight excluding hydrogens is 458 g/mol. The number of carbonyl (C=O) groups excluding carboxylic acids is 3. The Morgan fingerprint density at radius 1 is 1.21 bits per heavy atom. The number of esters is 1. The highest BCUT2D eigenvalue weighted by Gasteiger charge is 2.29. The molecule has 33 heavy (non-hydrogen) atoms. The van der Waals surface area contributed by atoms with E-state index in [1.165, 1.54) is 21.1 Å². The molecule has 2 aromatic heterocycles. The number of piperidine rings is 1. The first-order valence-electron chi connectivity index (χ1n) is 11.7. The van der Waals surface area contributed by atoms with Gasteiger partial charge in [-0.05, 0) is 75.5 Å². The van der Waals surface area contributed by atoms with E-state index in [0.717, 1.165) is 44.1 Å². The summed E-state index contributed by atoms with van der Waals surface area (Å²) >= 11 is 3.21. The van der Waals surface area contributed by atoms with Gasteiger partial charge in [-0.3, -0.25) is 14.5 Å². The number of ether oxygens (including phenoxy) is 1. The molecule has 9 heteroatoms. The predicted molar refractivity (Wildman–Crippen MR) is 131 cm³/mol. The minimum Gasteiger partial charge on any atom is -0.462 e.